The lowest BCUT2D eigenvalue weighted by Gasteiger charge is -2.50. The van der Waals surface area contributed by atoms with Crippen molar-refractivity contribution < 1.29 is 144 Å². The molecule has 4 fully saturated rings. The van der Waals surface area contributed by atoms with E-state index >= 15 is 0 Å². The van der Waals surface area contributed by atoms with Crippen LogP contribution in [0.1, 0.15) is 20.3 Å². The molecule has 4 aliphatic rings. The summed E-state index contributed by atoms with van der Waals surface area (Å²) in [5, 5.41) is 194. The zero-order valence-corrected chi connectivity index (χ0v) is 36.3. The first-order valence-electron chi connectivity index (χ1n) is 21.2. The third kappa shape index (κ3) is 13.1. The highest BCUT2D eigenvalue weighted by atomic mass is 16.8. The maximum atomic E-state index is 12.7. The minimum Gasteiger partial charge on any atom is -0.477 e. The normalized spacial score (nSPS) is 41.7. The van der Waals surface area contributed by atoms with Gasteiger partial charge in [-0.15, -0.1) is 0 Å². The minimum atomic E-state index is -3.11. The molecule has 68 heavy (non-hydrogen) atoms. The molecule has 0 aromatic carbocycles. The molecule has 0 aromatic heterocycles. The van der Waals surface area contributed by atoms with E-state index in [1.165, 1.54) is 6.92 Å². The molecule has 4 heterocycles. The Morgan fingerprint density at radius 1 is 0.676 bits per heavy atom. The second-order valence-electron chi connectivity index (χ2n) is 16.7. The zero-order valence-electron chi connectivity index (χ0n) is 36.3. The van der Waals surface area contributed by atoms with Crippen molar-refractivity contribution in [2.45, 2.75) is 173 Å². The van der Waals surface area contributed by atoms with Crippen LogP contribution in [0.2, 0.25) is 0 Å². The summed E-state index contributed by atoms with van der Waals surface area (Å²) >= 11 is 0. The van der Waals surface area contributed by atoms with Crippen LogP contribution in [0.25, 0.3) is 0 Å². The molecule has 4 saturated heterocycles. The fraction of sp³-hybridized carbons (Fsp3) is 0.919. The fourth-order valence-electron chi connectivity index (χ4n) is 7.94. The van der Waals surface area contributed by atoms with Gasteiger partial charge in [-0.25, -0.2) is 4.79 Å². The second-order valence-corrected chi connectivity index (χ2v) is 16.7. The van der Waals surface area contributed by atoms with Gasteiger partial charge in [-0.3, -0.25) is 9.59 Å². The van der Waals surface area contributed by atoms with Crippen molar-refractivity contribution in [3.8, 4) is 0 Å². The van der Waals surface area contributed by atoms with Gasteiger partial charge in [0.1, 0.15) is 116 Å². The maximum absolute atomic E-state index is 12.7. The van der Waals surface area contributed by atoms with Crippen LogP contribution >= 0.6 is 0 Å². The molecule has 0 bridgehead atoms. The average molecular weight is 1000 g/mol. The summed E-state index contributed by atoms with van der Waals surface area (Å²) in [6.07, 6.45) is -46.1. The van der Waals surface area contributed by atoms with Crippen LogP contribution in [0, 0.1) is 0 Å². The van der Waals surface area contributed by atoms with E-state index < -0.39 is 217 Å². The maximum Gasteiger partial charge on any atom is 0.364 e. The van der Waals surface area contributed by atoms with E-state index in [9.17, 15) is 106 Å². The van der Waals surface area contributed by atoms with Gasteiger partial charge >= 0.3 is 5.97 Å². The number of carbonyl (C=O) groups is 3. The van der Waals surface area contributed by atoms with Gasteiger partial charge in [0.25, 0.3) is 5.79 Å². The first-order valence-corrected chi connectivity index (χ1v) is 21.2. The lowest BCUT2D eigenvalue weighted by molar-refractivity contribution is -0.393. The van der Waals surface area contributed by atoms with Crippen molar-refractivity contribution in [2.24, 2.45) is 0 Å². The number of aliphatic hydroxyl groups excluding tert-OH is 17. The smallest absolute Gasteiger partial charge is 0.364 e. The molecular weight excluding hydrogens is 936 g/mol. The monoisotopic (exact) mass is 1000 g/mol. The molecule has 0 aromatic rings. The van der Waals surface area contributed by atoms with Crippen molar-refractivity contribution in [1.29, 1.82) is 0 Å². The Kier molecular flexibility index (Phi) is 21.5. The van der Waals surface area contributed by atoms with Gasteiger partial charge in [-0.2, -0.15) is 0 Å². The molecule has 0 saturated carbocycles. The summed E-state index contributed by atoms with van der Waals surface area (Å²) in [6.45, 7) is -4.78. The Hall–Kier alpha value is -2.59. The van der Waals surface area contributed by atoms with E-state index in [0.717, 1.165) is 6.92 Å². The topological polar surface area (TPSA) is 513 Å². The van der Waals surface area contributed by atoms with Crippen LogP contribution < -0.4 is 10.6 Å². The van der Waals surface area contributed by atoms with Crippen molar-refractivity contribution >= 4 is 17.8 Å². The first-order chi connectivity index (χ1) is 31.9. The van der Waals surface area contributed by atoms with E-state index in [4.69, 9.17) is 37.9 Å². The van der Waals surface area contributed by atoms with Gasteiger partial charge in [0.15, 0.2) is 18.9 Å². The van der Waals surface area contributed by atoms with Gasteiger partial charge in [0, 0.05) is 13.3 Å². The lowest BCUT2D eigenvalue weighted by atomic mass is 9.88. The predicted molar refractivity (Wildman–Crippen MR) is 209 cm³/mol. The number of nitrogens with one attached hydrogen (secondary N) is 2. The van der Waals surface area contributed by atoms with E-state index in [1.807, 2.05) is 0 Å². The number of ether oxygens (including phenoxy) is 8. The molecular formula is C37H64N2O29. The molecule has 0 aliphatic carbocycles. The second kappa shape index (κ2) is 25.2. The van der Waals surface area contributed by atoms with Gasteiger partial charge < -0.3 is 140 Å². The highest BCUT2D eigenvalue weighted by Gasteiger charge is 2.58. The van der Waals surface area contributed by atoms with Crippen molar-refractivity contribution in [3.63, 3.8) is 0 Å². The van der Waals surface area contributed by atoms with Crippen LogP contribution in [0.4, 0.5) is 0 Å². The van der Waals surface area contributed by atoms with E-state index in [1.54, 1.807) is 0 Å². The molecule has 0 radical (unpaired) electrons. The van der Waals surface area contributed by atoms with Crippen LogP contribution in [0.15, 0.2) is 0 Å². The summed E-state index contributed by atoms with van der Waals surface area (Å²) in [6, 6.07) is -3.46. The number of carboxylic acid groups (broad SMARTS) is 1. The number of rotatable bonds is 22. The molecule has 2 amide bonds. The predicted octanol–water partition coefficient (Wildman–Crippen LogP) is -12.8. The number of hydrogen-bond donors (Lipinski definition) is 20. The molecule has 20 N–H and O–H groups in total. The van der Waals surface area contributed by atoms with E-state index in [2.05, 4.69) is 10.6 Å². The number of aliphatic carboxylic acids is 1. The number of carboxylic acids is 1. The molecule has 0 spiro atoms. The van der Waals surface area contributed by atoms with E-state index in [-0.39, 0.29) is 0 Å². The van der Waals surface area contributed by atoms with Crippen LogP contribution in [-0.2, 0) is 52.3 Å². The summed E-state index contributed by atoms with van der Waals surface area (Å²) in [4.78, 5) is 36.9. The number of hydrogen-bond acceptors (Lipinski definition) is 28. The van der Waals surface area contributed by atoms with Crippen LogP contribution in [0.3, 0.4) is 0 Å². The van der Waals surface area contributed by atoms with Crippen LogP contribution in [-0.4, -0.2) is 302 Å². The highest BCUT2D eigenvalue weighted by Crippen LogP contribution is 2.37. The number of carbonyl (C=O) groups excluding carboxylic acids is 2. The summed E-state index contributed by atoms with van der Waals surface area (Å²) in [5.41, 5.74) is 0. The minimum absolute atomic E-state index is 0.817. The summed E-state index contributed by atoms with van der Waals surface area (Å²) in [7, 11) is 0. The van der Waals surface area contributed by atoms with Gasteiger partial charge in [-0.05, 0) is 6.92 Å². The summed E-state index contributed by atoms with van der Waals surface area (Å²) < 4.78 is 45.5. The van der Waals surface area contributed by atoms with Gasteiger partial charge in [-0.1, -0.05) is 0 Å². The van der Waals surface area contributed by atoms with Gasteiger partial charge in [0.05, 0.1) is 51.3 Å². The van der Waals surface area contributed by atoms with Gasteiger partial charge in [0.2, 0.25) is 11.8 Å². The Balaban J connectivity index is 1.71. The highest BCUT2D eigenvalue weighted by molar-refractivity contribution is 5.78. The standard InChI is InChI=1S/C37H64N2O29/c1-10-21(51)27(57)28(58)34(62-10)67-32-31(66-33-20(38-11(2)45)26(56)24(54)16(6-42)63-33)25(55)17(7-43)64-35(32)65-29(14(48)5-41)23(53)15(49)9-61-37(36(59)60)3-12(46)19(39-18(50)8-44)30(68-37)22(52)13(47)4-40/h10,12-17,19-35,40-44,46-49,51-58H,3-9H2,1-2H3,(H,38,45)(H,39,50)(H,59,60)/t10-,12-,13+,14-,15+,16+,17+,19+,20+,21+,22+,23-,24-,25-,26+,27+,28-,29+,30+,31-,32+,33+,34-,35-,37+/m0/s1. The molecule has 4 aliphatic heterocycles. The number of aliphatic hydroxyl groups is 17. The first kappa shape index (κ1) is 58.0. The Labute approximate surface area is 385 Å². The zero-order chi connectivity index (χ0) is 51.1. The molecule has 25 atom stereocenters. The molecule has 31 nitrogen and oxygen atoms in total. The van der Waals surface area contributed by atoms with Crippen LogP contribution in [0.5, 0.6) is 0 Å². The molecule has 396 valence electrons. The van der Waals surface area contributed by atoms with Crippen molar-refractivity contribution in [3.05, 3.63) is 0 Å². The van der Waals surface area contributed by atoms with Crippen molar-refractivity contribution in [1.82, 2.24) is 10.6 Å². The largest absolute Gasteiger partial charge is 0.477 e. The van der Waals surface area contributed by atoms with Crippen molar-refractivity contribution in [2.75, 3.05) is 39.6 Å². The Bertz CT molecular complexity index is 1610. The Morgan fingerprint density at radius 2 is 1.26 bits per heavy atom. The SMILES string of the molecule is CC(=O)N[C@H]1[C@@H](O[C@H]2[C@@H](O)[C@@H](CO)O[C@@H](O[C@@H]([C@@H](O)[C@H](O)CO[C@]3(C(=O)O)C[C@H](O)[C@@H](NC(=O)CO)[C@H]([C@H](O)[C@H](O)CO)O3)[C@@H](O)CO)[C@@H]2O[C@@H]2O[C@@H](C)[C@@H](O)[C@@H](O)[C@@H]2O)O[C@H](CO)[C@H](O)[C@@H]1O. The number of amides is 2. The molecule has 4 rings (SSSR count). The quantitative estimate of drug-likeness (QED) is 0.0479. The average Bonchev–Trinajstić information content (AvgIpc) is 3.31. The molecule has 0 unspecified atom stereocenters. The third-order valence-corrected chi connectivity index (χ3v) is 11.8. The lowest BCUT2D eigenvalue weighted by Crippen LogP contribution is -2.69. The Morgan fingerprint density at radius 3 is 1.82 bits per heavy atom. The van der Waals surface area contributed by atoms with E-state index in [0.29, 0.717) is 0 Å². The fourth-order valence-corrected chi connectivity index (χ4v) is 7.94. The molecule has 31 heteroatoms. The third-order valence-electron chi connectivity index (χ3n) is 11.8. The summed E-state index contributed by atoms with van der Waals surface area (Å²) in [5.74, 6) is -7.15.